The van der Waals surface area contributed by atoms with E-state index in [4.69, 9.17) is 16.3 Å². The lowest BCUT2D eigenvalue weighted by Gasteiger charge is -2.19. The Bertz CT molecular complexity index is 1030. The van der Waals surface area contributed by atoms with Crippen LogP contribution in [0, 0.1) is 11.8 Å². The highest BCUT2D eigenvalue weighted by Gasteiger charge is 2.48. The van der Waals surface area contributed by atoms with Gasteiger partial charge in [-0.1, -0.05) is 42.6 Å². The first-order valence-electron chi connectivity index (χ1n) is 10.1. The molecule has 0 unspecified atom stereocenters. The molecule has 2 atom stereocenters. The second-order valence-electron chi connectivity index (χ2n) is 7.66. The van der Waals surface area contributed by atoms with Crippen molar-refractivity contribution in [1.82, 2.24) is 0 Å². The second-order valence-corrected chi connectivity index (χ2v) is 8.07. The van der Waals surface area contributed by atoms with Gasteiger partial charge in [-0.2, -0.15) is 0 Å². The Labute approximate surface area is 184 Å². The topological polar surface area (TPSA) is 92.8 Å². The number of anilines is 2. The van der Waals surface area contributed by atoms with E-state index >= 15 is 0 Å². The van der Waals surface area contributed by atoms with Crippen LogP contribution in [0.3, 0.4) is 0 Å². The molecule has 160 valence electrons. The Morgan fingerprint density at radius 3 is 2.35 bits per heavy atom. The first-order chi connectivity index (χ1) is 15.0. The number of halogens is 1. The van der Waals surface area contributed by atoms with Crippen LogP contribution in [0.25, 0.3) is 0 Å². The van der Waals surface area contributed by atoms with Crippen molar-refractivity contribution in [3.63, 3.8) is 0 Å². The van der Waals surface area contributed by atoms with Crippen molar-refractivity contribution in [1.29, 1.82) is 0 Å². The SMILES string of the molecule is O=C(COC(=O)c1cccc(N2C(=O)[C@H]3CCCC[C@H]3C2=O)c1)Nc1ccccc1Cl. The standard InChI is InChI=1S/C23H21ClN2O5/c24-18-10-3-4-11-19(18)25-20(27)13-31-23(30)14-6-5-7-15(12-14)26-21(28)16-8-1-2-9-17(16)22(26)29/h3-7,10-12,16-17H,1-2,8-9,13H2,(H,25,27)/t16-,17+. The fourth-order valence-electron chi connectivity index (χ4n) is 4.15. The summed E-state index contributed by atoms with van der Waals surface area (Å²) in [4.78, 5) is 51.2. The summed E-state index contributed by atoms with van der Waals surface area (Å²) >= 11 is 5.99. The Balaban J connectivity index is 1.41. The second kappa shape index (κ2) is 8.89. The van der Waals surface area contributed by atoms with Crippen LogP contribution in [-0.4, -0.2) is 30.3 Å². The first-order valence-corrected chi connectivity index (χ1v) is 10.5. The van der Waals surface area contributed by atoms with Crippen LogP contribution in [0.15, 0.2) is 48.5 Å². The summed E-state index contributed by atoms with van der Waals surface area (Å²) in [5.74, 6) is -2.23. The Hall–Kier alpha value is -3.19. The van der Waals surface area contributed by atoms with E-state index in [2.05, 4.69) is 5.32 Å². The molecule has 2 aromatic carbocycles. The number of rotatable bonds is 5. The molecule has 0 radical (unpaired) electrons. The molecule has 1 aliphatic carbocycles. The molecule has 31 heavy (non-hydrogen) atoms. The molecule has 1 saturated carbocycles. The molecule has 2 aromatic rings. The van der Waals surface area contributed by atoms with Gasteiger partial charge in [0.15, 0.2) is 6.61 Å². The molecule has 0 spiro atoms. The third-order valence-electron chi connectivity index (χ3n) is 5.66. The highest BCUT2D eigenvalue weighted by Crippen LogP contribution is 2.40. The maximum atomic E-state index is 12.8. The molecular formula is C23H21ClN2O5. The van der Waals surface area contributed by atoms with Gasteiger partial charge in [-0.05, 0) is 43.2 Å². The Morgan fingerprint density at radius 1 is 1.00 bits per heavy atom. The number of hydrogen-bond donors (Lipinski definition) is 1. The van der Waals surface area contributed by atoms with E-state index in [1.807, 2.05) is 0 Å². The predicted molar refractivity (Wildman–Crippen MR) is 115 cm³/mol. The van der Waals surface area contributed by atoms with E-state index in [-0.39, 0.29) is 29.2 Å². The maximum Gasteiger partial charge on any atom is 0.338 e. The summed E-state index contributed by atoms with van der Waals surface area (Å²) in [7, 11) is 0. The molecule has 2 aliphatic rings. The molecule has 4 rings (SSSR count). The van der Waals surface area contributed by atoms with Gasteiger partial charge in [0.2, 0.25) is 11.8 Å². The Morgan fingerprint density at radius 2 is 1.68 bits per heavy atom. The number of nitrogens with one attached hydrogen (secondary N) is 1. The molecule has 0 aromatic heterocycles. The van der Waals surface area contributed by atoms with Crippen molar-refractivity contribution < 1.29 is 23.9 Å². The van der Waals surface area contributed by atoms with Gasteiger partial charge in [0, 0.05) is 0 Å². The van der Waals surface area contributed by atoms with E-state index in [1.165, 1.54) is 17.0 Å². The number of esters is 1. The highest BCUT2D eigenvalue weighted by molar-refractivity contribution is 6.33. The van der Waals surface area contributed by atoms with Crippen LogP contribution in [0.4, 0.5) is 11.4 Å². The number of amides is 3. The summed E-state index contributed by atoms with van der Waals surface area (Å²) in [6, 6.07) is 12.9. The smallest absolute Gasteiger partial charge is 0.338 e. The lowest BCUT2D eigenvalue weighted by Crippen LogP contribution is -2.31. The van der Waals surface area contributed by atoms with Gasteiger partial charge in [0.25, 0.3) is 5.91 Å². The van der Waals surface area contributed by atoms with Crippen LogP contribution in [0.1, 0.15) is 36.0 Å². The zero-order chi connectivity index (χ0) is 22.0. The number of para-hydroxylation sites is 1. The van der Waals surface area contributed by atoms with Gasteiger partial charge in [-0.25, -0.2) is 4.79 Å². The fraction of sp³-hybridized carbons (Fsp3) is 0.304. The van der Waals surface area contributed by atoms with E-state index in [0.717, 1.165) is 12.8 Å². The van der Waals surface area contributed by atoms with Gasteiger partial charge < -0.3 is 10.1 Å². The van der Waals surface area contributed by atoms with Crippen LogP contribution >= 0.6 is 11.6 Å². The molecule has 1 saturated heterocycles. The zero-order valence-corrected chi connectivity index (χ0v) is 17.4. The van der Waals surface area contributed by atoms with Crippen LogP contribution in [0.5, 0.6) is 0 Å². The van der Waals surface area contributed by atoms with Crippen LogP contribution in [-0.2, 0) is 19.1 Å². The fourth-order valence-corrected chi connectivity index (χ4v) is 4.34. The third kappa shape index (κ3) is 4.32. The quantitative estimate of drug-likeness (QED) is 0.563. The van der Waals surface area contributed by atoms with Crippen molar-refractivity contribution in [3.05, 3.63) is 59.1 Å². The molecule has 7 nitrogen and oxygen atoms in total. The normalized spacial score (nSPS) is 20.4. The first kappa shape index (κ1) is 21.1. The number of fused-ring (bicyclic) bond motifs is 1. The summed E-state index contributed by atoms with van der Waals surface area (Å²) in [6.07, 6.45) is 3.31. The van der Waals surface area contributed by atoms with Crippen LogP contribution < -0.4 is 10.2 Å². The van der Waals surface area contributed by atoms with Gasteiger partial charge in [-0.15, -0.1) is 0 Å². The number of benzene rings is 2. The minimum atomic E-state index is -0.729. The summed E-state index contributed by atoms with van der Waals surface area (Å²) < 4.78 is 5.09. The van der Waals surface area contributed by atoms with Gasteiger partial charge in [-0.3, -0.25) is 19.3 Å². The van der Waals surface area contributed by atoms with Gasteiger partial charge >= 0.3 is 5.97 Å². The largest absolute Gasteiger partial charge is 0.452 e. The summed E-state index contributed by atoms with van der Waals surface area (Å²) in [6.45, 7) is -0.500. The molecule has 1 aliphatic heterocycles. The molecule has 0 bridgehead atoms. The molecule has 2 fully saturated rings. The lowest BCUT2D eigenvalue weighted by molar-refractivity contribution is -0.122. The maximum absolute atomic E-state index is 12.8. The molecule has 1 N–H and O–H groups in total. The molecule has 1 heterocycles. The number of nitrogens with zero attached hydrogens (tertiary/aromatic N) is 1. The number of carbonyl (C=O) groups is 4. The van der Waals surface area contributed by atoms with Crippen molar-refractivity contribution in [2.24, 2.45) is 11.8 Å². The average molecular weight is 441 g/mol. The predicted octanol–water partition coefficient (Wildman–Crippen LogP) is 3.82. The van der Waals surface area contributed by atoms with Crippen molar-refractivity contribution >= 4 is 46.7 Å². The van der Waals surface area contributed by atoms with Gasteiger partial charge in [0.05, 0.1) is 33.8 Å². The highest BCUT2D eigenvalue weighted by atomic mass is 35.5. The van der Waals surface area contributed by atoms with E-state index in [1.54, 1.807) is 36.4 Å². The van der Waals surface area contributed by atoms with E-state index < -0.39 is 18.5 Å². The Kier molecular flexibility index (Phi) is 6.04. The molecule has 3 amide bonds. The number of imide groups is 1. The van der Waals surface area contributed by atoms with Crippen molar-refractivity contribution in [3.8, 4) is 0 Å². The van der Waals surface area contributed by atoms with Crippen molar-refractivity contribution in [2.45, 2.75) is 25.7 Å². The third-order valence-corrected chi connectivity index (χ3v) is 5.99. The van der Waals surface area contributed by atoms with Crippen LogP contribution in [0.2, 0.25) is 5.02 Å². The molecule has 8 heteroatoms. The average Bonchev–Trinajstić information content (AvgIpc) is 3.04. The van der Waals surface area contributed by atoms with E-state index in [0.29, 0.717) is 29.2 Å². The monoisotopic (exact) mass is 440 g/mol. The summed E-state index contributed by atoms with van der Waals surface area (Å²) in [5, 5.41) is 2.94. The van der Waals surface area contributed by atoms with E-state index in [9.17, 15) is 19.2 Å². The minimum Gasteiger partial charge on any atom is -0.452 e. The zero-order valence-electron chi connectivity index (χ0n) is 16.7. The molecular weight excluding hydrogens is 420 g/mol. The number of ether oxygens (including phenoxy) is 1. The number of hydrogen-bond acceptors (Lipinski definition) is 5. The summed E-state index contributed by atoms with van der Waals surface area (Å²) in [5.41, 5.74) is 0.914. The van der Waals surface area contributed by atoms with Crippen molar-refractivity contribution in [2.75, 3.05) is 16.8 Å². The van der Waals surface area contributed by atoms with Gasteiger partial charge in [0.1, 0.15) is 0 Å². The lowest BCUT2D eigenvalue weighted by atomic mass is 9.81. The number of carbonyl (C=O) groups excluding carboxylic acids is 4. The minimum absolute atomic E-state index is 0.151.